The first-order valence-corrected chi connectivity index (χ1v) is 5.44. The van der Waals surface area contributed by atoms with E-state index in [1.807, 2.05) is 6.92 Å². The number of hydrogen-bond acceptors (Lipinski definition) is 3. The van der Waals surface area contributed by atoms with Gasteiger partial charge in [-0.25, -0.2) is 4.98 Å². The third kappa shape index (κ3) is 2.30. The maximum Gasteiger partial charge on any atom is 0.291 e. The minimum Gasteiger partial charge on any atom is -0.459 e. The van der Waals surface area contributed by atoms with Crippen molar-refractivity contribution in [1.29, 1.82) is 0 Å². The molecule has 2 heterocycles. The fourth-order valence-electron chi connectivity index (χ4n) is 1.25. The van der Waals surface area contributed by atoms with Crippen LogP contribution >= 0.6 is 15.9 Å². The van der Waals surface area contributed by atoms with Gasteiger partial charge in [-0.05, 0) is 47.1 Å². The minimum absolute atomic E-state index is 0.280. The Hall–Kier alpha value is -1.62. The van der Waals surface area contributed by atoms with Gasteiger partial charge >= 0.3 is 0 Å². The zero-order valence-corrected chi connectivity index (χ0v) is 10.1. The molecule has 2 rings (SSSR count). The average Bonchev–Trinajstić information content (AvgIpc) is 2.75. The van der Waals surface area contributed by atoms with Crippen LogP contribution in [0, 0.1) is 6.92 Å². The molecule has 5 heteroatoms. The Kier molecular flexibility index (Phi) is 3.05. The molecule has 82 valence electrons. The van der Waals surface area contributed by atoms with Crippen molar-refractivity contribution in [3.05, 3.63) is 46.6 Å². The molecular formula is C11H9BrN2O2. The monoisotopic (exact) mass is 280 g/mol. The summed E-state index contributed by atoms with van der Waals surface area (Å²) in [5, 5.41) is 2.72. The van der Waals surface area contributed by atoms with Crippen molar-refractivity contribution in [3.63, 3.8) is 0 Å². The topological polar surface area (TPSA) is 55.1 Å². The van der Waals surface area contributed by atoms with Crippen molar-refractivity contribution < 1.29 is 9.21 Å². The molecule has 0 unspecified atom stereocenters. The van der Waals surface area contributed by atoms with Gasteiger partial charge in [0.25, 0.3) is 5.91 Å². The highest BCUT2D eigenvalue weighted by molar-refractivity contribution is 9.10. The number of amides is 1. The Morgan fingerprint density at radius 3 is 2.88 bits per heavy atom. The molecule has 0 aliphatic heterocycles. The highest BCUT2D eigenvalue weighted by Gasteiger charge is 2.10. The lowest BCUT2D eigenvalue weighted by Gasteiger charge is -2.06. The van der Waals surface area contributed by atoms with Gasteiger partial charge in [0.2, 0.25) is 0 Å². The van der Waals surface area contributed by atoms with Crippen LogP contribution in [0.4, 0.5) is 5.69 Å². The summed E-state index contributed by atoms with van der Waals surface area (Å²) in [7, 11) is 0. The van der Waals surface area contributed by atoms with Crippen LogP contribution < -0.4 is 5.32 Å². The summed E-state index contributed by atoms with van der Waals surface area (Å²) in [6.07, 6.45) is 1.46. The number of furan rings is 1. The molecule has 0 fully saturated rings. The number of anilines is 1. The highest BCUT2D eigenvalue weighted by atomic mass is 79.9. The first-order valence-electron chi connectivity index (χ1n) is 4.65. The predicted octanol–water partition coefficient (Wildman–Crippen LogP) is 3.00. The van der Waals surface area contributed by atoms with E-state index in [0.717, 1.165) is 10.3 Å². The van der Waals surface area contributed by atoms with Gasteiger partial charge in [0.15, 0.2) is 5.76 Å². The first kappa shape index (κ1) is 10.9. The number of nitrogens with zero attached hydrogens (tertiary/aromatic N) is 1. The number of pyridine rings is 1. The van der Waals surface area contributed by atoms with Crippen LogP contribution in [-0.4, -0.2) is 10.9 Å². The zero-order valence-electron chi connectivity index (χ0n) is 8.53. The van der Waals surface area contributed by atoms with Gasteiger partial charge in [-0.1, -0.05) is 0 Å². The third-order valence-corrected chi connectivity index (χ3v) is 2.49. The van der Waals surface area contributed by atoms with E-state index in [1.165, 1.54) is 6.26 Å². The molecule has 0 spiro atoms. The Balaban J connectivity index is 2.18. The summed E-state index contributed by atoms with van der Waals surface area (Å²) in [5.41, 5.74) is 1.42. The molecule has 1 amide bonds. The van der Waals surface area contributed by atoms with Gasteiger partial charge in [-0.2, -0.15) is 0 Å². The van der Waals surface area contributed by atoms with Crippen LogP contribution in [0.1, 0.15) is 16.2 Å². The molecule has 0 saturated carbocycles. The van der Waals surface area contributed by atoms with Crippen molar-refractivity contribution in [2.75, 3.05) is 5.32 Å². The van der Waals surface area contributed by atoms with E-state index in [4.69, 9.17) is 4.42 Å². The van der Waals surface area contributed by atoms with E-state index in [2.05, 4.69) is 26.2 Å². The summed E-state index contributed by atoms with van der Waals surface area (Å²) in [6.45, 7) is 1.82. The maximum atomic E-state index is 11.7. The van der Waals surface area contributed by atoms with Gasteiger partial charge in [0.1, 0.15) is 4.60 Å². The van der Waals surface area contributed by atoms with E-state index >= 15 is 0 Å². The normalized spacial score (nSPS) is 10.1. The Morgan fingerprint density at radius 2 is 2.25 bits per heavy atom. The standard InChI is InChI=1S/C11H9BrN2O2/c1-7-8(4-5-10(12)13-7)14-11(15)9-3-2-6-16-9/h2-6H,1H3,(H,14,15). The second-order valence-corrected chi connectivity index (χ2v) is 4.01. The first-order chi connectivity index (χ1) is 7.66. The number of rotatable bonds is 2. The van der Waals surface area contributed by atoms with Crippen LogP contribution in [0.5, 0.6) is 0 Å². The fourth-order valence-corrected chi connectivity index (χ4v) is 1.65. The molecule has 0 aliphatic rings. The maximum absolute atomic E-state index is 11.7. The van der Waals surface area contributed by atoms with E-state index < -0.39 is 0 Å². The van der Waals surface area contributed by atoms with Crippen molar-refractivity contribution in [2.24, 2.45) is 0 Å². The molecule has 16 heavy (non-hydrogen) atoms. The molecule has 0 aromatic carbocycles. The van der Waals surface area contributed by atoms with Crippen molar-refractivity contribution in [3.8, 4) is 0 Å². The Morgan fingerprint density at radius 1 is 1.44 bits per heavy atom. The molecule has 1 N–H and O–H groups in total. The predicted molar refractivity (Wildman–Crippen MR) is 63.3 cm³/mol. The lowest BCUT2D eigenvalue weighted by atomic mass is 10.3. The molecule has 0 aliphatic carbocycles. The van der Waals surface area contributed by atoms with Crippen LogP contribution in [0.15, 0.2) is 39.5 Å². The Labute approximate surface area is 101 Å². The summed E-state index contributed by atoms with van der Waals surface area (Å²) < 4.78 is 5.73. The van der Waals surface area contributed by atoms with Gasteiger partial charge < -0.3 is 9.73 Å². The summed E-state index contributed by atoms with van der Waals surface area (Å²) in [5.74, 6) is -0.000425. The van der Waals surface area contributed by atoms with E-state index in [-0.39, 0.29) is 11.7 Å². The largest absolute Gasteiger partial charge is 0.459 e. The number of carbonyl (C=O) groups is 1. The van der Waals surface area contributed by atoms with E-state index in [1.54, 1.807) is 24.3 Å². The molecule has 0 atom stereocenters. The second-order valence-electron chi connectivity index (χ2n) is 3.20. The minimum atomic E-state index is -0.280. The quantitative estimate of drug-likeness (QED) is 0.861. The number of aryl methyl sites for hydroxylation is 1. The number of hydrogen-bond donors (Lipinski definition) is 1. The number of aromatic nitrogens is 1. The summed E-state index contributed by atoms with van der Waals surface area (Å²) in [6, 6.07) is 6.83. The van der Waals surface area contributed by atoms with Crippen LogP contribution in [0.2, 0.25) is 0 Å². The molecule has 2 aromatic rings. The van der Waals surface area contributed by atoms with Crippen molar-refractivity contribution in [1.82, 2.24) is 4.98 Å². The van der Waals surface area contributed by atoms with E-state index in [0.29, 0.717) is 5.69 Å². The molecule has 2 aromatic heterocycles. The SMILES string of the molecule is Cc1nc(Br)ccc1NC(=O)c1ccco1. The van der Waals surface area contributed by atoms with Gasteiger partial charge in [0.05, 0.1) is 17.6 Å². The van der Waals surface area contributed by atoms with Crippen LogP contribution in [0.3, 0.4) is 0 Å². The molecule has 0 radical (unpaired) electrons. The van der Waals surface area contributed by atoms with E-state index in [9.17, 15) is 4.79 Å². The zero-order chi connectivity index (χ0) is 11.5. The fraction of sp³-hybridized carbons (Fsp3) is 0.0909. The molecule has 4 nitrogen and oxygen atoms in total. The third-order valence-electron chi connectivity index (χ3n) is 2.04. The second kappa shape index (κ2) is 4.49. The molecule has 0 saturated heterocycles. The van der Waals surface area contributed by atoms with Crippen molar-refractivity contribution >= 4 is 27.5 Å². The average molecular weight is 281 g/mol. The number of carbonyl (C=O) groups excluding carboxylic acids is 1. The number of nitrogens with one attached hydrogen (secondary N) is 1. The lowest BCUT2D eigenvalue weighted by Crippen LogP contribution is -2.12. The highest BCUT2D eigenvalue weighted by Crippen LogP contribution is 2.17. The van der Waals surface area contributed by atoms with Gasteiger partial charge in [-0.15, -0.1) is 0 Å². The molecule has 0 bridgehead atoms. The smallest absolute Gasteiger partial charge is 0.291 e. The van der Waals surface area contributed by atoms with Gasteiger partial charge in [0, 0.05) is 0 Å². The van der Waals surface area contributed by atoms with Crippen LogP contribution in [0.25, 0.3) is 0 Å². The lowest BCUT2D eigenvalue weighted by molar-refractivity contribution is 0.0996. The number of halogens is 1. The van der Waals surface area contributed by atoms with Crippen LogP contribution in [-0.2, 0) is 0 Å². The Bertz CT molecular complexity index is 509. The van der Waals surface area contributed by atoms with Gasteiger partial charge in [-0.3, -0.25) is 4.79 Å². The summed E-state index contributed by atoms with van der Waals surface area (Å²) in [4.78, 5) is 15.8. The molecular weight excluding hydrogens is 272 g/mol. The summed E-state index contributed by atoms with van der Waals surface area (Å²) >= 11 is 3.26. The van der Waals surface area contributed by atoms with Crippen molar-refractivity contribution in [2.45, 2.75) is 6.92 Å².